The number of aromatic amines is 1. The molecular formula is C21H30N4O2S. The number of nitrogens with zero attached hydrogens (tertiary/aromatic N) is 3. The van der Waals surface area contributed by atoms with E-state index in [9.17, 15) is 0 Å². The Morgan fingerprint density at radius 2 is 2.04 bits per heavy atom. The van der Waals surface area contributed by atoms with E-state index in [1.165, 1.54) is 19.3 Å². The van der Waals surface area contributed by atoms with Gasteiger partial charge in [-0.2, -0.15) is 14.9 Å². The lowest BCUT2D eigenvalue weighted by Gasteiger charge is -2.19. The summed E-state index contributed by atoms with van der Waals surface area (Å²) in [7, 11) is 0. The summed E-state index contributed by atoms with van der Waals surface area (Å²) >= 11 is 5.39. The van der Waals surface area contributed by atoms with Crippen LogP contribution in [0.1, 0.15) is 76.1 Å². The predicted octanol–water partition coefficient (Wildman–Crippen LogP) is 5.45. The summed E-state index contributed by atoms with van der Waals surface area (Å²) in [5.41, 5.74) is 0.934. The molecule has 0 aliphatic heterocycles. The van der Waals surface area contributed by atoms with Gasteiger partial charge < -0.3 is 9.47 Å². The van der Waals surface area contributed by atoms with Crippen LogP contribution in [-0.4, -0.2) is 34.3 Å². The van der Waals surface area contributed by atoms with Crippen LogP contribution >= 0.6 is 12.2 Å². The van der Waals surface area contributed by atoms with E-state index in [2.05, 4.69) is 22.2 Å². The third-order valence-electron chi connectivity index (χ3n) is 4.99. The van der Waals surface area contributed by atoms with Crippen molar-refractivity contribution in [2.24, 2.45) is 5.10 Å². The van der Waals surface area contributed by atoms with Gasteiger partial charge in [0.1, 0.15) is 0 Å². The minimum Gasteiger partial charge on any atom is -0.490 e. The second kappa shape index (κ2) is 10.4. The molecule has 0 radical (unpaired) electrons. The van der Waals surface area contributed by atoms with Crippen LogP contribution in [0.4, 0.5) is 0 Å². The average molecular weight is 403 g/mol. The maximum absolute atomic E-state index is 5.85. The molecule has 1 fully saturated rings. The van der Waals surface area contributed by atoms with Crippen molar-refractivity contribution in [2.45, 2.75) is 64.7 Å². The second-order valence-electron chi connectivity index (χ2n) is 7.12. The number of nitrogens with one attached hydrogen (secondary N) is 1. The molecule has 1 aliphatic rings. The zero-order chi connectivity index (χ0) is 19.8. The molecule has 0 bridgehead atoms. The number of unbranched alkanes of at least 4 members (excludes halogenated alkanes) is 1. The van der Waals surface area contributed by atoms with Crippen molar-refractivity contribution in [1.82, 2.24) is 14.9 Å². The van der Waals surface area contributed by atoms with Crippen molar-refractivity contribution in [3.8, 4) is 11.5 Å². The van der Waals surface area contributed by atoms with Gasteiger partial charge in [-0.15, -0.1) is 0 Å². The van der Waals surface area contributed by atoms with Crippen molar-refractivity contribution in [1.29, 1.82) is 0 Å². The lowest BCUT2D eigenvalue weighted by atomic mass is 9.89. The molecule has 0 amide bonds. The molecule has 2 aromatic rings. The van der Waals surface area contributed by atoms with Crippen LogP contribution in [0.25, 0.3) is 0 Å². The summed E-state index contributed by atoms with van der Waals surface area (Å²) in [6.45, 7) is 5.40. The largest absolute Gasteiger partial charge is 0.490 e. The van der Waals surface area contributed by atoms with Crippen LogP contribution in [-0.2, 0) is 0 Å². The van der Waals surface area contributed by atoms with Crippen molar-refractivity contribution >= 4 is 18.4 Å². The maximum Gasteiger partial charge on any atom is 0.216 e. The summed E-state index contributed by atoms with van der Waals surface area (Å²) in [5, 5.41) is 12.0. The molecule has 1 saturated carbocycles. The van der Waals surface area contributed by atoms with Gasteiger partial charge in [0.05, 0.1) is 19.4 Å². The monoisotopic (exact) mass is 402 g/mol. The van der Waals surface area contributed by atoms with Crippen LogP contribution in [0.15, 0.2) is 23.3 Å². The van der Waals surface area contributed by atoms with Crippen molar-refractivity contribution in [3.63, 3.8) is 0 Å². The van der Waals surface area contributed by atoms with Gasteiger partial charge in [-0.3, -0.25) is 5.10 Å². The first-order chi connectivity index (χ1) is 13.7. The molecule has 7 heteroatoms. The van der Waals surface area contributed by atoms with E-state index in [0.29, 0.717) is 23.9 Å². The van der Waals surface area contributed by atoms with Gasteiger partial charge in [0.25, 0.3) is 0 Å². The van der Waals surface area contributed by atoms with Gasteiger partial charge in [0.2, 0.25) is 4.77 Å². The summed E-state index contributed by atoms with van der Waals surface area (Å²) in [6, 6.07) is 5.88. The fraction of sp³-hybridized carbons (Fsp3) is 0.571. The van der Waals surface area contributed by atoms with Crippen LogP contribution in [0.3, 0.4) is 0 Å². The minimum absolute atomic E-state index is 0.423. The second-order valence-corrected chi connectivity index (χ2v) is 7.51. The lowest BCUT2D eigenvalue weighted by molar-refractivity contribution is 0.272. The van der Waals surface area contributed by atoms with E-state index >= 15 is 0 Å². The zero-order valence-corrected chi connectivity index (χ0v) is 17.6. The molecule has 0 spiro atoms. The van der Waals surface area contributed by atoms with Crippen molar-refractivity contribution in [3.05, 3.63) is 34.4 Å². The molecule has 0 saturated heterocycles. The Labute approximate surface area is 172 Å². The molecular weight excluding hydrogens is 372 g/mol. The van der Waals surface area contributed by atoms with Gasteiger partial charge in [0, 0.05) is 5.92 Å². The van der Waals surface area contributed by atoms with Crippen LogP contribution in [0, 0.1) is 4.77 Å². The standard InChI is InChI=1S/C21H30N4O2S/c1-3-5-13-27-18-12-11-16(14-19(18)26-4-2)15-22-25-20(23-24-21(25)28)17-9-7-6-8-10-17/h11-12,14-15,17H,3-10,13H2,1-2H3,(H,24,28)/b22-15-. The highest BCUT2D eigenvalue weighted by Gasteiger charge is 2.21. The van der Waals surface area contributed by atoms with E-state index in [1.807, 2.05) is 25.1 Å². The number of hydrogen-bond donors (Lipinski definition) is 1. The highest BCUT2D eigenvalue weighted by atomic mass is 32.1. The Balaban J connectivity index is 1.79. The molecule has 28 heavy (non-hydrogen) atoms. The Bertz CT molecular complexity index is 837. The Kier molecular flexibility index (Phi) is 7.65. The topological polar surface area (TPSA) is 64.4 Å². The van der Waals surface area contributed by atoms with Crippen LogP contribution < -0.4 is 9.47 Å². The first-order valence-electron chi connectivity index (χ1n) is 10.3. The number of H-pyrrole nitrogens is 1. The molecule has 6 nitrogen and oxygen atoms in total. The van der Waals surface area contributed by atoms with Crippen molar-refractivity contribution < 1.29 is 9.47 Å². The quantitative estimate of drug-likeness (QED) is 0.344. The molecule has 1 aliphatic carbocycles. The summed E-state index contributed by atoms with van der Waals surface area (Å²) in [5.74, 6) is 2.87. The van der Waals surface area contributed by atoms with E-state index in [1.54, 1.807) is 10.9 Å². The van der Waals surface area contributed by atoms with Crippen molar-refractivity contribution in [2.75, 3.05) is 13.2 Å². The SMILES string of the molecule is CCCCOc1ccc(/C=N\n2c(C3CCCCC3)n[nH]c2=S)cc1OCC. The van der Waals surface area contributed by atoms with Crippen LogP contribution in [0.2, 0.25) is 0 Å². The highest BCUT2D eigenvalue weighted by molar-refractivity contribution is 7.71. The average Bonchev–Trinajstić information content (AvgIpc) is 3.09. The highest BCUT2D eigenvalue weighted by Crippen LogP contribution is 2.32. The Hall–Kier alpha value is -2.15. The van der Waals surface area contributed by atoms with E-state index in [-0.39, 0.29) is 0 Å². The normalized spacial score (nSPS) is 15.2. The van der Waals surface area contributed by atoms with E-state index in [4.69, 9.17) is 21.7 Å². The fourth-order valence-corrected chi connectivity index (χ4v) is 3.67. The molecule has 0 unspecified atom stereocenters. The maximum atomic E-state index is 5.85. The molecule has 1 aromatic carbocycles. The fourth-order valence-electron chi connectivity index (χ4n) is 3.48. The van der Waals surface area contributed by atoms with Gasteiger partial charge in [-0.1, -0.05) is 32.6 Å². The molecule has 0 atom stereocenters. The molecule has 1 N–H and O–H groups in total. The number of hydrogen-bond acceptors (Lipinski definition) is 5. The number of aromatic nitrogens is 3. The van der Waals surface area contributed by atoms with E-state index in [0.717, 1.165) is 48.6 Å². The third-order valence-corrected chi connectivity index (χ3v) is 5.26. The minimum atomic E-state index is 0.423. The number of rotatable bonds is 9. The Morgan fingerprint density at radius 1 is 1.21 bits per heavy atom. The molecule has 3 rings (SSSR count). The summed E-state index contributed by atoms with van der Waals surface area (Å²) in [4.78, 5) is 0. The van der Waals surface area contributed by atoms with Gasteiger partial charge >= 0.3 is 0 Å². The van der Waals surface area contributed by atoms with Gasteiger partial charge in [-0.05, 0) is 62.2 Å². The molecule has 152 valence electrons. The van der Waals surface area contributed by atoms with Gasteiger partial charge in [0.15, 0.2) is 17.3 Å². The lowest BCUT2D eigenvalue weighted by Crippen LogP contribution is -2.10. The van der Waals surface area contributed by atoms with E-state index < -0.39 is 0 Å². The zero-order valence-electron chi connectivity index (χ0n) is 16.8. The van der Waals surface area contributed by atoms with Crippen LogP contribution in [0.5, 0.6) is 11.5 Å². The first-order valence-corrected chi connectivity index (χ1v) is 10.7. The molecule has 1 aromatic heterocycles. The summed E-state index contributed by atoms with van der Waals surface area (Å²) < 4.78 is 13.9. The smallest absolute Gasteiger partial charge is 0.216 e. The predicted molar refractivity (Wildman–Crippen MR) is 114 cm³/mol. The molecule has 1 heterocycles. The number of ether oxygens (including phenoxy) is 2. The third kappa shape index (κ3) is 5.22. The number of benzene rings is 1. The first kappa shape index (κ1) is 20.6. The summed E-state index contributed by atoms with van der Waals surface area (Å²) in [6.07, 6.45) is 10.0. The Morgan fingerprint density at radius 3 is 2.79 bits per heavy atom. The van der Waals surface area contributed by atoms with Gasteiger partial charge in [-0.25, -0.2) is 0 Å².